The molecule has 23 heavy (non-hydrogen) atoms. The van der Waals surface area contributed by atoms with Gasteiger partial charge in [0.05, 0.1) is 17.2 Å². The van der Waals surface area contributed by atoms with Crippen molar-refractivity contribution in [1.82, 2.24) is 4.83 Å². The van der Waals surface area contributed by atoms with Gasteiger partial charge < -0.3 is 4.74 Å². The van der Waals surface area contributed by atoms with E-state index in [-0.39, 0.29) is 11.0 Å². The Hall–Kier alpha value is -2.05. The summed E-state index contributed by atoms with van der Waals surface area (Å²) in [6, 6.07) is 13.1. The van der Waals surface area contributed by atoms with Gasteiger partial charge in [0.15, 0.2) is 0 Å². The number of nitrogens with one attached hydrogen (secondary N) is 1. The molecule has 0 atom stereocenters. The third-order valence-electron chi connectivity index (χ3n) is 2.74. The van der Waals surface area contributed by atoms with E-state index in [1.54, 1.807) is 12.1 Å². The maximum Gasteiger partial charge on any atom is 0.276 e. The lowest BCUT2D eigenvalue weighted by Crippen LogP contribution is -2.18. The molecule has 1 N–H and O–H groups in total. The molecule has 2 aromatic carbocycles. The molecule has 5 nitrogen and oxygen atoms in total. The van der Waals surface area contributed by atoms with E-state index >= 15 is 0 Å². The number of rotatable bonds is 6. The van der Waals surface area contributed by atoms with Gasteiger partial charge in [-0.25, -0.2) is 4.83 Å². The molecular formula is C16H17ClN2O3S. The molecule has 2 rings (SSSR count). The van der Waals surface area contributed by atoms with E-state index in [0.717, 1.165) is 5.56 Å². The quantitative estimate of drug-likeness (QED) is 0.639. The Labute approximate surface area is 141 Å². The highest BCUT2D eigenvalue weighted by Gasteiger charge is 2.11. The van der Waals surface area contributed by atoms with Crippen molar-refractivity contribution in [1.29, 1.82) is 0 Å². The Morgan fingerprint density at radius 3 is 2.52 bits per heavy atom. The topological polar surface area (TPSA) is 67.8 Å². The smallest absolute Gasteiger partial charge is 0.276 e. The number of hydrazone groups is 1. The van der Waals surface area contributed by atoms with Gasteiger partial charge in [0.2, 0.25) is 0 Å². The van der Waals surface area contributed by atoms with E-state index in [4.69, 9.17) is 16.3 Å². The van der Waals surface area contributed by atoms with Gasteiger partial charge in [-0.3, -0.25) is 0 Å². The summed E-state index contributed by atoms with van der Waals surface area (Å²) in [4.78, 5) is 2.25. The Balaban J connectivity index is 2.07. The average molecular weight is 353 g/mol. The van der Waals surface area contributed by atoms with Crippen LogP contribution in [0.15, 0.2) is 58.5 Å². The van der Waals surface area contributed by atoms with E-state index in [1.165, 1.54) is 30.5 Å². The molecule has 2 aromatic rings. The molecule has 0 unspecified atom stereocenters. The van der Waals surface area contributed by atoms with Gasteiger partial charge >= 0.3 is 0 Å². The first-order chi connectivity index (χ1) is 10.9. The SMILES string of the molecule is CC(C)Oc1cccc(/C=N/NS(=O)(=O)c2ccc(Cl)cc2)c1. The molecule has 0 spiro atoms. The van der Waals surface area contributed by atoms with Crippen LogP contribution in [0.3, 0.4) is 0 Å². The van der Waals surface area contributed by atoms with Crippen molar-refractivity contribution in [3.8, 4) is 5.75 Å². The van der Waals surface area contributed by atoms with Gasteiger partial charge in [0, 0.05) is 5.02 Å². The van der Waals surface area contributed by atoms with Crippen LogP contribution in [0.5, 0.6) is 5.75 Å². The van der Waals surface area contributed by atoms with Crippen LogP contribution >= 0.6 is 11.6 Å². The molecule has 0 bridgehead atoms. The van der Waals surface area contributed by atoms with Crippen LogP contribution in [0.4, 0.5) is 0 Å². The van der Waals surface area contributed by atoms with Crippen LogP contribution in [0.25, 0.3) is 0 Å². The second-order valence-electron chi connectivity index (χ2n) is 5.05. The zero-order valence-electron chi connectivity index (χ0n) is 12.7. The fourth-order valence-corrected chi connectivity index (χ4v) is 2.69. The fraction of sp³-hybridized carbons (Fsp3) is 0.188. The number of hydrogen-bond donors (Lipinski definition) is 1. The van der Waals surface area contributed by atoms with E-state index in [1.807, 2.05) is 26.0 Å². The van der Waals surface area contributed by atoms with Gasteiger partial charge in [-0.1, -0.05) is 23.7 Å². The molecule has 0 saturated heterocycles. The van der Waals surface area contributed by atoms with Crippen molar-refractivity contribution in [2.45, 2.75) is 24.8 Å². The summed E-state index contributed by atoms with van der Waals surface area (Å²) in [5.41, 5.74) is 0.724. The lowest BCUT2D eigenvalue weighted by molar-refractivity contribution is 0.242. The van der Waals surface area contributed by atoms with E-state index in [0.29, 0.717) is 10.8 Å². The molecule has 0 radical (unpaired) electrons. The van der Waals surface area contributed by atoms with Crippen molar-refractivity contribution in [2.24, 2.45) is 5.10 Å². The van der Waals surface area contributed by atoms with Crippen molar-refractivity contribution in [3.05, 3.63) is 59.1 Å². The summed E-state index contributed by atoms with van der Waals surface area (Å²) in [6.45, 7) is 3.86. The van der Waals surface area contributed by atoms with Gasteiger partial charge in [-0.05, 0) is 55.8 Å². The number of benzene rings is 2. The number of nitrogens with zero attached hydrogens (tertiary/aromatic N) is 1. The van der Waals surface area contributed by atoms with Crippen LogP contribution in [0, 0.1) is 0 Å². The average Bonchev–Trinajstić information content (AvgIpc) is 2.47. The summed E-state index contributed by atoms with van der Waals surface area (Å²) in [5.74, 6) is 0.699. The lowest BCUT2D eigenvalue weighted by atomic mass is 10.2. The summed E-state index contributed by atoms with van der Waals surface area (Å²) >= 11 is 5.74. The van der Waals surface area contributed by atoms with Gasteiger partial charge in [0.25, 0.3) is 10.0 Å². The van der Waals surface area contributed by atoms with Crippen LogP contribution in [-0.4, -0.2) is 20.7 Å². The molecule has 122 valence electrons. The van der Waals surface area contributed by atoms with Gasteiger partial charge in [0.1, 0.15) is 5.75 Å². The van der Waals surface area contributed by atoms with Crippen molar-refractivity contribution in [2.75, 3.05) is 0 Å². The molecule has 0 aliphatic carbocycles. The second kappa shape index (κ2) is 7.48. The minimum absolute atomic E-state index is 0.0607. The van der Waals surface area contributed by atoms with Crippen molar-refractivity contribution < 1.29 is 13.2 Å². The Bertz CT molecular complexity index is 787. The Morgan fingerprint density at radius 1 is 1.17 bits per heavy atom. The molecule has 0 aliphatic rings. The Kier molecular flexibility index (Phi) is 5.63. The van der Waals surface area contributed by atoms with Crippen LogP contribution < -0.4 is 9.57 Å². The van der Waals surface area contributed by atoms with Gasteiger partial charge in [-0.2, -0.15) is 13.5 Å². The molecule has 0 heterocycles. The van der Waals surface area contributed by atoms with Crippen LogP contribution in [-0.2, 0) is 10.0 Å². The normalized spacial score (nSPS) is 11.8. The predicted octanol–water partition coefficient (Wildman–Crippen LogP) is 3.44. The zero-order valence-corrected chi connectivity index (χ0v) is 14.3. The summed E-state index contributed by atoms with van der Waals surface area (Å²) < 4.78 is 29.7. The highest BCUT2D eigenvalue weighted by atomic mass is 35.5. The minimum atomic E-state index is -3.71. The van der Waals surface area contributed by atoms with E-state index in [9.17, 15) is 8.42 Å². The maximum atomic E-state index is 12.1. The van der Waals surface area contributed by atoms with E-state index < -0.39 is 10.0 Å². The van der Waals surface area contributed by atoms with Gasteiger partial charge in [-0.15, -0.1) is 0 Å². The maximum absolute atomic E-state index is 12.1. The number of ether oxygens (including phenoxy) is 1. The molecule has 0 fully saturated rings. The molecular weight excluding hydrogens is 336 g/mol. The van der Waals surface area contributed by atoms with Crippen molar-refractivity contribution in [3.63, 3.8) is 0 Å². The van der Waals surface area contributed by atoms with E-state index in [2.05, 4.69) is 9.93 Å². The summed E-state index contributed by atoms with van der Waals surface area (Å²) in [6.07, 6.45) is 1.48. The largest absolute Gasteiger partial charge is 0.491 e. The monoisotopic (exact) mass is 352 g/mol. The first-order valence-electron chi connectivity index (χ1n) is 6.94. The third kappa shape index (κ3) is 5.26. The molecule has 0 saturated carbocycles. The summed E-state index contributed by atoms with van der Waals surface area (Å²) in [7, 11) is -3.71. The molecule has 0 aliphatic heterocycles. The number of sulfonamides is 1. The number of halogens is 1. The van der Waals surface area contributed by atoms with Crippen LogP contribution in [0.1, 0.15) is 19.4 Å². The van der Waals surface area contributed by atoms with Crippen molar-refractivity contribution >= 4 is 27.8 Å². The molecule has 0 amide bonds. The lowest BCUT2D eigenvalue weighted by Gasteiger charge is -2.09. The summed E-state index contributed by atoms with van der Waals surface area (Å²) in [5, 5.41) is 4.25. The van der Waals surface area contributed by atoms with Crippen LogP contribution in [0.2, 0.25) is 5.02 Å². The third-order valence-corrected chi connectivity index (χ3v) is 4.23. The second-order valence-corrected chi connectivity index (χ2v) is 7.14. The first-order valence-corrected chi connectivity index (χ1v) is 8.80. The molecule has 0 aromatic heterocycles. The highest BCUT2D eigenvalue weighted by molar-refractivity contribution is 7.89. The highest BCUT2D eigenvalue weighted by Crippen LogP contribution is 2.15. The fourth-order valence-electron chi connectivity index (χ4n) is 1.78. The predicted molar refractivity (Wildman–Crippen MR) is 91.6 cm³/mol. The zero-order chi connectivity index (χ0) is 16.9. The Morgan fingerprint density at radius 2 is 1.87 bits per heavy atom. The number of hydrogen-bond acceptors (Lipinski definition) is 4. The first kappa shape index (κ1) is 17.3. The minimum Gasteiger partial charge on any atom is -0.491 e. The standard InChI is InChI=1S/C16H17ClN2O3S/c1-12(2)22-15-5-3-4-13(10-15)11-18-19-23(20,21)16-8-6-14(17)7-9-16/h3-12,19H,1-2H3/b18-11+. The molecule has 7 heteroatoms.